The molecule has 24 nitrogen and oxygen atoms in total. The molecule has 364 valence electrons. The summed E-state index contributed by atoms with van der Waals surface area (Å²) < 4.78 is 50.6. The Balaban J connectivity index is 1.18. The van der Waals surface area contributed by atoms with Crippen LogP contribution >= 0.6 is 0 Å². The molecule has 0 bridgehead atoms. The van der Waals surface area contributed by atoms with E-state index in [0.717, 1.165) is 18.2 Å². The number of aliphatic hydroxyl groups is 10. The third kappa shape index (κ3) is 10.1. The van der Waals surface area contributed by atoms with E-state index in [1.807, 2.05) is 0 Å². The number of aromatic hydroxyl groups is 3. The van der Waals surface area contributed by atoms with Gasteiger partial charge >= 0.3 is 5.97 Å². The maximum absolute atomic E-state index is 14.3. The van der Waals surface area contributed by atoms with Gasteiger partial charge in [0.05, 0.1) is 26.9 Å². The molecule has 3 aliphatic rings. The van der Waals surface area contributed by atoms with Crippen LogP contribution in [0.25, 0.3) is 28.4 Å². The van der Waals surface area contributed by atoms with Crippen molar-refractivity contribution in [1.82, 2.24) is 0 Å². The van der Waals surface area contributed by atoms with E-state index in [1.54, 1.807) is 0 Å². The number of hydrogen-bond donors (Lipinski definition) is 13. The van der Waals surface area contributed by atoms with Gasteiger partial charge in [-0.1, -0.05) is 6.07 Å². The van der Waals surface area contributed by atoms with Crippen LogP contribution in [0.2, 0.25) is 0 Å². The molecular weight excluding hydrogens is 900 g/mol. The molecule has 1 aromatic heterocycles. The zero-order chi connectivity index (χ0) is 48.4. The Kier molecular flexibility index (Phi) is 15.2. The summed E-state index contributed by atoms with van der Waals surface area (Å²) in [6.45, 7) is -2.59. The minimum absolute atomic E-state index is 0.0512. The highest BCUT2D eigenvalue weighted by atomic mass is 16.7. The van der Waals surface area contributed by atoms with Gasteiger partial charge in [-0.2, -0.15) is 0 Å². The first-order valence-electron chi connectivity index (χ1n) is 20.4. The molecule has 3 fully saturated rings. The van der Waals surface area contributed by atoms with E-state index in [9.17, 15) is 76.0 Å². The summed E-state index contributed by atoms with van der Waals surface area (Å²) in [5.74, 6) is -3.66. The number of rotatable bonds is 14. The molecule has 0 radical (unpaired) electrons. The lowest BCUT2D eigenvalue weighted by Gasteiger charge is -2.45. The zero-order valence-electron chi connectivity index (χ0n) is 34.9. The maximum atomic E-state index is 14.3. The fourth-order valence-electron chi connectivity index (χ4n) is 7.55. The van der Waals surface area contributed by atoms with Gasteiger partial charge in [0.2, 0.25) is 23.8 Å². The summed E-state index contributed by atoms with van der Waals surface area (Å²) in [6.07, 6.45) is -24.8. The molecule has 7 rings (SSSR count). The van der Waals surface area contributed by atoms with Crippen molar-refractivity contribution in [2.45, 2.75) is 92.1 Å². The molecule has 0 aliphatic carbocycles. The summed E-state index contributed by atoms with van der Waals surface area (Å²) >= 11 is 0. The number of phenolic OH excluding ortho intramolecular Hbond substituents is 3. The predicted molar refractivity (Wildman–Crippen MR) is 220 cm³/mol. The molecule has 67 heavy (non-hydrogen) atoms. The molecule has 24 heteroatoms. The number of methoxy groups -OCH3 is 1. The van der Waals surface area contributed by atoms with Crippen LogP contribution in [0.4, 0.5) is 0 Å². The van der Waals surface area contributed by atoms with Gasteiger partial charge in [-0.3, -0.25) is 4.79 Å². The highest BCUT2D eigenvalue weighted by Gasteiger charge is 2.52. The average Bonchev–Trinajstić information content (AvgIpc) is 3.31. The number of ether oxygens (including phenoxy) is 8. The summed E-state index contributed by atoms with van der Waals surface area (Å²) in [6, 6.07) is 11.2. The number of carbonyl (C=O) groups is 1. The predicted octanol–water partition coefficient (Wildman–Crippen LogP) is -2.97. The summed E-state index contributed by atoms with van der Waals surface area (Å²) in [7, 11) is 1.32. The fourth-order valence-corrected chi connectivity index (χ4v) is 7.55. The highest BCUT2D eigenvalue weighted by molar-refractivity contribution is 5.89. The first-order valence-corrected chi connectivity index (χ1v) is 20.4. The molecule has 15 atom stereocenters. The Morgan fingerprint density at radius 2 is 1.27 bits per heavy atom. The lowest BCUT2D eigenvalue weighted by Crippen LogP contribution is -2.65. The molecule has 0 saturated carbocycles. The molecule has 0 unspecified atom stereocenters. The van der Waals surface area contributed by atoms with Gasteiger partial charge in [-0.05, 0) is 48.0 Å². The van der Waals surface area contributed by atoms with Gasteiger partial charge in [0.25, 0.3) is 0 Å². The molecule has 4 heterocycles. The lowest BCUT2D eigenvalue weighted by molar-refractivity contribution is -0.352. The van der Waals surface area contributed by atoms with E-state index in [0.29, 0.717) is 5.56 Å². The van der Waals surface area contributed by atoms with Crippen molar-refractivity contribution in [1.29, 1.82) is 0 Å². The van der Waals surface area contributed by atoms with Crippen LogP contribution < -0.4 is 19.6 Å². The van der Waals surface area contributed by atoms with Crippen molar-refractivity contribution in [2.75, 3.05) is 26.9 Å². The molecule has 13 N–H and O–H groups in total. The van der Waals surface area contributed by atoms with Gasteiger partial charge < -0.3 is 109 Å². The zero-order valence-corrected chi connectivity index (χ0v) is 34.9. The number of aliphatic hydroxyl groups excluding tert-OH is 10. The van der Waals surface area contributed by atoms with E-state index < -0.39 is 152 Å². The Bertz CT molecular complexity index is 2440. The van der Waals surface area contributed by atoms with Crippen LogP contribution in [-0.2, 0) is 28.5 Å². The van der Waals surface area contributed by atoms with Crippen molar-refractivity contribution in [3.8, 4) is 45.8 Å². The summed E-state index contributed by atoms with van der Waals surface area (Å²) in [5, 5.41) is 135. The number of phenols is 3. The van der Waals surface area contributed by atoms with Crippen LogP contribution in [0.3, 0.4) is 0 Å². The fraction of sp³-hybridized carbons (Fsp3) is 0.442. The first-order chi connectivity index (χ1) is 32.0. The number of hydrogen-bond acceptors (Lipinski definition) is 24. The smallest absolute Gasteiger partial charge is 0.331 e. The average molecular weight is 949 g/mol. The minimum Gasteiger partial charge on any atom is -0.508 e. The second kappa shape index (κ2) is 20.7. The van der Waals surface area contributed by atoms with Crippen LogP contribution in [0, 0.1) is 0 Å². The maximum Gasteiger partial charge on any atom is 0.331 e. The van der Waals surface area contributed by atoms with Crippen molar-refractivity contribution in [3.05, 3.63) is 76.5 Å². The SMILES string of the molecule is COc1cc(C=CC(=O)O[C@H]2[C@H](Oc3cc(O)c4c(=O)c(O[C@H]5O[C@@H](CO)[C@@H](O[C@H]6O[C@@H](CO)[C@H](O)[C@H](O)[C@@H]6O)[C@H](O)[C@H]5O)c(-c5ccc(O)cc5)oc4c3)O[C@@H](CO)[C@@H](O)[C@H]2O)ccc1O. The molecule has 0 spiro atoms. The quantitative estimate of drug-likeness (QED) is 0.0443. The number of benzene rings is 3. The van der Waals surface area contributed by atoms with E-state index >= 15 is 0 Å². The van der Waals surface area contributed by atoms with Gasteiger partial charge in [0.1, 0.15) is 95.4 Å². The number of carbonyl (C=O) groups excluding carboxylic acids is 1. The number of fused-ring (bicyclic) bond motifs is 1. The molecule has 3 aromatic carbocycles. The second-order valence-electron chi connectivity index (χ2n) is 15.6. The Morgan fingerprint density at radius 1 is 0.657 bits per heavy atom. The van der Waals surface area contributed by atoms with Crippen molar-refractivity contribution < 1.29 is 113 Å². The van der Waals surface area contributed by atoms with E-state index in [1.165, 1.54) is 55.7 Å². The van der Waals surface area contributed by atoms with Crippen LogP contribution in [0.1, 0.15) is 5.56 Å². The molecule has 3 saturated heterocycles. The third-order valence-electron chi connectivity index (χ3n) is 11.2. The van der Waals surface area contributed by atoms with Gasteiger partial charge in [-0.15, -0.1) is 0 Å². The summed E-state index contributed by atoms with van der Waals surface area (Å²) in [4.78, 5) is 27.4. The Labute approximate surface area is 377 Å². The van der Waals surface area contributed by atoms with Crippen molar-refractivity contribution in [2.24, 2.45) is 0 Å². The van der Waals surface area contributed by atoms with E-state index in [4.69, 9.17) is 42.3 Å². The molecule has 4 aromatic rings. The largest absolute Gasteiger partial charge is 0.508 e. The molecule has 0 amide bonds. The standard InChI is InChI=1S/C43H48O24/c1-59-22-10-16(2-8-20(22)48)3-9-27(50)65-40-33(55)30(52)25(14-45)63-43(40)60-19-11-21(49)28-23(12-19)61-37(17-4-6-18(47)7-5-17)39(31(28)53)67-42-36(58)34(56)38(26(15-46)64-42)66-41-35(57)32(54)29(51)24(13-44)62-41/h2-12,24-26,29-30,32-36,38,40-49,51-52,54-58H,13-15H2,1H3/t24-,25-,26-,29-,30+,32-,33+,34+,35-,36+,38+,40+,41+,42+,43+/m0/s1. The van der Waals surface area contributed by atoms with Crippen LogP contribution in [0.15, 0.2) is 69.9 Å². The lowest BCUT2D eigenvalue weighted by atomic mass is 9.97. The van der Waals surface area contributed by atoms with Crippen LogP contribution in [0.5, 0.6) is 34.5 Å². The van der Waals surface area contributed by atoms with Gasteiger partial charge in [0.15, 0.2) is 29.7 Å². The van der Waals surface area contributed by atoms with Crippen molar-refractivity contribution in [3.63, 3.8) is 0 Å². The van der Waals surface area contributed by atoms with E-state index in [2.05, 4.69) is 0 Å². The van der Waals surface area contributed by atoms with Gasteiger partial charge in [0, 0.05) is 23.8 Å². The Hall–Kier alpha value is -5.68. The highest BCUT2D eigenvalue weighted by Crippen LogP contribution is 2.39. The first kappa shape index (κ1) is 49.2. The topological polar surface area (TPSA) is 384 Å². The monoisotopic (exact) mass is 948 g/mol. The van der Waals surface area contributed by atoms with Crippen LogP contribution in [-0.4, -0.2) is 191 Å². The Morgan fingerprint density at radius 3 is 1.93 bits per heavy atom. The van der Waals surface area contributed by atoms with Crippen molar-refractivity contribution >= 4 is 23.0 Å². The third-order valence-corrected chi connectivity index (χ3v) is 11.2. The minimum atomic E-state index is -2.12. The molecule has 3 aliphatic heterocycles. The van der Waals surface area contributed by atoms with E-state index in [-0.39, 0.29) is 28.6 Å². The van der Waals surface area contributed by atoms with Gasteiger partial charge in [-0.25, -0.2) is 4.79 Å². The summed E-state index contributed by atoms with van der Waals surface area (Å²) in [5.41, 5.74) is -1.07. The normalized spacial score (nSPS) is 32.3. The second-order valence-corrected chi connectivity index (χ2v) is 15.6. The number of esters is 1. The molecular formula is C43H48O24.